The molecule has 0 bridgehead atoms. The number of carbonyl (C=O) groups is 2. The smallest absolute Gasteiger partial charge is 0.343 e. The number of benzene rings is 3. The zero-order valence-corrected chi connectivity index (χ0v) is 16.5. The molecule has 8 heteroatoms. The number of hydrogen-bond acceptors (Lipinski definition) is 5. The van der Waals surface area contributed by atoms with Crippen molar-refractivity contribution < 1.29 is 23.5 Å². The SMILES string of the molecule is COc1cc(/C=N\NC(=O)c2ccccc2F)ccc1OC(=O)c1ccc(Cl)cc1. The van der Waals surface area contributed by atoms with E-state index >= 15 is 0 Å². The molecule has 6 nitrogen and oxygen atoms in total. The molecule has 152 valence electrons. The van der Waals surface area contributed by atoms with Crippen molar-refractivity contribution >= 4 is 29.7 Å². The maximum absolute atomic E-state index is 13.6. The number of methoxy groups -OCH3 is 1. The van der Waals surface area contributed by atoms with Gasteiger partial charge in [0, 0.05) is 5.02 Å². The van der Waals surface area contributed by atoms with Crippen LogP contribution in [0.15, 0.2) is 71.8 Å². The van der Waals surface area contributed by atoms with Gasteiger partial charge in [0.05, 0.1) is 24.5 Å². The lowest BCUT2D eigenvalue weighted by atomic mass is 10.2. The molecule has 0 fully saturated rings. The van der Waals surface area contributed by atoms with E-state index in [2.05, 4.69) is 10.5 Å². The molecule has 1 N–H and O–H groups in total. The van der Waals surface area contributed by atoms with Gasteiger partial charge in [0.15, 0.2) is 11.5 Å². The van der Waals surface area contributed by atoms with Gasteiger partial charge < -0.3 is 9.47 Å². The second kappa shape index (κ2) is 9.67. The van der Waals surface area contributed by atoms with E-state index in [1.165, 1.54) is 37.6 Å². The maximum atomic E-state index is 13.6. The molecule has 0 heterocycles. The van der Waals surface area contributed by atoms with Crippen molar-refractivity contribution in [1.29, 1.82) is 0 Å². The summed E-state index contributed by atoms with van der Waals surface area (Å²) in [5.41, 5.74) is 3.04. The maximum Gasteiger partial charge on any atom is 0.343 e. The lowest BCUT2D eigenvalue weighted by Crippen LogP contribution is -2.18. The number of nitrogens with zero attached hydrogens (tertiary/aromatic N) is 1. The first-order valence-corrected chi connectivity index (χ1v) is 9.09. The normalized spacial score (nSPS) is 10.6. The van der Waals surface area contributed by atoms with Crippen LogP contribution in [0.2, 0.25) is 5.02 Å². The predicted molar refractivity (Wildman–Crippen MR) is 111 cm³/mol. The molecule has 0 aliphatic heterocycles. The quantitative estimate of drug-likeness (QED) is 0.273. The van der Waals surface area contributed by atoms with Gasteiger partial charge in [-0.15, -0.1) is 0 Å². The molecule has 3 aromatic rings. The molecule has 3 rings (SSSR count). The van der Waals surface area contributed by atoms with Gasteiger partial charge in [0.2, 0.25) is 0 Å². The number of hydrogen-bond donors (Lipinski definition) is 1. The summed E-state index contributed by atoms with van der Waals surface area (Å²) >= 11 is 5.82. The highest BCUT2D eigenvalue weighted by atomic mass is 35.5. The number of nitrogens with one attached hydrogen (secondary N) is 1. The average molecular weight is 427 g/mol. The van der Waals surface area contributed by atoms with Crippen LogP contribution in [0.3, 0.4) is 0 Å². The zero-order chi connectivity index (χ0) is 21.5. The van der Waals surface area contributed by atoms with Crippen molar-refractivity contribution in [3.05, 3.63) is 94.3 Å². The number of esters is 1. The van der Waals surface area contributed by atoms with Crippen LogP contribution < -0.4 is 14.9 Å². The number of carbonyl (C=O) groups excluding carboxylic acids is 2. The summed E-state index contributed by atoms with van der Waals surface area (Å²) in [5, 5.41) is 4.32. The Kier molecular flexibility index (Phi) is 6.77. The fraction of sp³-hybridized carbons (Fsp3) is 0.0455. The van der Waals surface area contributed by atoms with Gasteiger partial charge in [0.25, 0.3) is 5.91 Å². The highest BCUT2D eigenvalue weighted by molar-refractivity contribution is 6.30. The molecule has 0 unspecified atom stereocenters. The van der Waals surface area contributed by atoms with E-state index in [0.29, 0.717) is 21.9 Å². The summed E-state index contributed by atoms with van der Waals surface area (Å²) in [7, 11) is 1.43. The Bertz CT molecular complexity index is 1100. The van der Waals surface area contributed by atoms with E-state index in [1.807, 2.05) is 0 Å². The molecule has 1 amide bonds. The molecule has 0 aromatic heterocycles. The summed E-state index contributed by atoms with van der Waals surface area (Å²) in [6.07, 6.45) is 1.35. The number of ether oxygens (including phenoxy) is 2. The second-order valence-electron chi connectivity index (χ2n) is 5.99. The molecular formula is C22H16ClFN2O4. The van der Waals surface area contributed by atoms with Gasteiger partial charge in [0.1, 0.15) is 5.82 Å². The van der Waals surface area contributed by atoms with E-state index in [9.17, 15) is 14.0 Å². The van der Waals surface area contributed by atoms with Gasteiger partial charge in [-0.3, -0.25) is 4.79 Å². The minimum absolute atomic E-state index is 0.114. The van der Waals surface area contributed by atoms with Crippen molar-refractivity contribution in [2.75, 3.05) is 7.11 Å². The number of amides is 1. The summed E-state index contributed by atoms with van der Waals surface area (Å²) < 4.78 is 24.2. The van der Waals surface area contributed by atoms with Crippen LogP contribution >= 0.6 is 11.6 Å². The van der Waals surface area contributed by atoms with E-state index < -0.39 is 17.7 Å². The van der Waals surface area contributed by atoms with E-state index in [0.717, 1.165) is 0 Å². The Morgan fingerprint density at radius 1 is 1.03 bits per heavy atom. The Labute approximate surface area is 176 Å². The molecule has 0 aliphatic rings. The Morgan fingerprint density at radius 3 is 2.47 bits per heavy atom. The number of rotatable bonds is 6. The van der Waals surface area contributed by atoms with Crippen LogP contribution in [0, 0.1) is 5.82 Å². The van der Waals surface area contributed by atoms with Gasteiger partial charge in [-0.25, -0.2) is 14.6 Å². The van der Waals surface area contributed by atoms with Crippen molar-refractivity contribution in [2.45, 2.75) is 0 Å². The Morgan fingerprint density at radius 2 is 1.77 bits per heavy atom. The summed E-state index contributed by atoms with van der Waals surface area (Å²) in [6, 6.07) is 16.6. The number of hydrazone groups is 1. The summed E-state index contributed by atoms with van der Waals surface area (Å²) in [4.78, 5) is 24.2. The average Bonchev–Trinajstić information content (AvgIpc) is 2.75. The van der Waals surface area contributed by atoms with E-state index in [4.69, 9.17) is 21.1 Å². The fourth-order valence-electron chi connectivity index (χ4n) is 2.46. The molecule has 0 atom stereocenters. The molecule has 3 aromatic carbocycles. The molecular weight excluding hydrogens is 411 g/mol. The monoisotopic (exact) mass is 426 g/mol. The fourth-order valence-corrected chi connectivity index (χ4v) is 2.59. The third-order valence-electron chi connectivity index (χ3n) is 3.97. The predicted octanol–water partition coefficient (Wildman–Crippen LogP) is 4.47. The van der Waals surface area contributed by atoms with Crippen LogP contribution in [0.5, 0.6) is 11.5 Å². The Hall–Kier alpha value is -3.71. The highest BCUT2D eigenvalue weighted by Gasteiger charge is 2.13. The van der Waals surface area contributed by atoms with Crippen LogP contribution in [-0.2, 0) is 0 Å². The third-order valence-corrected chi connectivity index (χ3v) is 4.22. The Balaban J connectivity index is 1.68. The van der Waals surface area contributed by atoms with Gasteiger partial charge >= 0.3 is 5.97 Å². The first-order valence-electron chi connectivity index (χ1n) is 8.71. The first kappa shape index (κ1) is 21.0. The van der Waals surface area contributed by atoms with Gasteiger partial charge in [-0.2, -0.15) is 5.10 Å². The first-order chi connectivity index (χ1) is 14.5. The lowest BCUT2D eigenvalue weighted by Gasteiger charge is -2.10. The second-order valence-corrected chi connectivity index (χ2v) is 6.42. The third kappa shape index (κ3) is 5.21. The number of halogens is 2. The van der Waals surface area contributed by atoms with Crippen LogP contribution in [-0.4, -0.2) is 25.2 Å². The minimum atomic E-state index is -0.676. The molecule has 0 spiro atoms. The lowest BCUT2D eigenvalue weighted by molar-refractivity contribution is 0.0729. The van der Waals surface area contributed by atoms with E-state index in [1.54, 1.807) is 42.5 Å². The summed E-state index contributed by atoms with van der Waals surface area (Å²) in [5.74, 6) is -1.38. The molecule has 0 saturated carbocycles. The minimum Gasteiger partial charge on any atom is -0.493 e. The van der Waals surface area contributed by atoms with Crippen LogP contribution in [0.4, 0.5) is 4.39 Å². The van der Waals surface area contributed by atoms with Crippen molar-refractivity contribution in [3.8, 4) is 11.5 Å². The topological polar surface area (TPSA) is 77.0 Å². The van der Waals surface area contributed by atoms with Crippen molar-refractivity contribution in [3.63, 3.8) is 0 Å². The summed E-state index contributed by atoms with van der Waals surface area (Å²) in [6.45, 7) is 0. The van der Waals surface area contributed by atoms with Crippen LogP contribution in [0.25, 0.3) is 0 Å². The van der Waals surface area contributed by atoms with E-state index in [-0.39, 0.29) is 11.3 Å². The molecule has 0 saturated heterocycles. The highest BCUT2D eigenvalue weighted by Crippen LogP contribution is 2.28. The van der Waals surface area contributed by atoms with Gasteiger partial charge in [-0.05, 0) is 60.2 Å². The largest absolute Gasteiger partial charge is 0.493 e. The zero-order valence-electron chi connectivity index (χ0n) is 15.8. The van der Waals surface area contributed by atoms with Crippen molar-refractivity contribution in [2.24, 2.45) is 5.10 Å². The van der Waals surface area contributed by atoms with Crippen LogP contribution in [0.1, 0.15) is 26.3 Å². The molecule has 0 aliphatic carbocycles. The van der Waals surface area contributed by atoms with Crippen molar-refractivity contribution in [1.82, 2.24) is 5.43 Å². The van der Waals surface area contributed by atoms with Gasteiger partial charge in [-0.1, -0.05) is 23.7 Å². The molecule has 30 heavy (non-hydrogen) atoms. The molecule has 0 radical (unpaired) electrons. The standard InChI is InChI=1S/C22H16ClFN2O4/c1-29-20-12-14(13-25-26-21(27)17-4-2-3-5-18(17)24)6-11-19(20)30-22(28)15-7-9-16(23)10-8-15/h2-13H,1H3,(H,26,27)/b25-13-.